The Balaban J connectivity index is 1.52. The number of amides is 1. The van der Waals surface area contributed by atoms with E-state index in [4.69, 9.17) is 5.73 Å². The lowest BCUT2D eigenvalue weighted by molar-refractivity contribution is -0.144. The topological polar surface area (TPSA) is 46.3 Å². The molecule has 2 bridgehead atoms. The minimum absolute atomic E-state index is 0.158. The monoisotopic (exact) mass is 276 g/mol. The van der Waals surface area contributed by atoms with Gasteiger partial charge in [0, 0.05) is 18.6 Å². The zero-order chi connectivity index (χ0) is 13.7. The van der Waals surface area contributed by atoms with E-state index >= 15 is 0 Å². The van der Waals surface area contributed by atoms with E-state index in [9.17, 15) is 4.79 Å². The number of rotatable bonds is 1. The minimum Gasteiger partial charge on any atom is -0.339 e. The number of carbonyl (C=O) groups excluding carboxylic acids is 1. The maximum Gasteiger partial charge on any atom is 0.227 e. The average Bonchev–Trinajstić information content (AvgIpc) is 3.07. The van der Waals surface area contributed by atoms with Gasteiger partial charge in [-0.1, -0.05) is 12.8 Å². The van der Waals surface area contributed by atoms with E-state index in [0.717, 1.165) is 12.5 Å². The number of piperidine rings is 1. The van der Waals surface area contributed by atoms with Crippen LogP contribution in [0.4, 0.5) is 0 Å². The summed E-state index contributed by atoms with van der Waals surface area (Å²) in [5.74, 6) is 2.62. The highest BCUT2D eigenvalue weighted by Crippen LogP contribution is 2.49. The first-order chi connectivity index (χ1) is 9.75. The molecule has 0 spiro atoms. The van der Waals surface area contributed by atoms with E-state index in [1.54, 1.807) is 0 Å². The van der Waals surface area contributed by atoms with Crippen LogP contribution in [0, 0.1) is 23.7 Å². The standard InChI is InChI=1S/C17H28N2O/c18-16-13-8-7-12(10-13)15(16)17(20)19-9-3-5-11-4-1-2-6-14(11)19/h11-16H,1-10,18H2. The SMILES string of the molecule is NC1C2CCC(C2)C1C(=O)N1CCCC2CCCCC21. The van der Waals surface area contributed by atoms with E-state index in [1.165, 1.54) is 57.8 Å². The molecule has 3 nitrogen and oxygen atoms in total. The largest absolute Gasteiger partial charge is 0.339 e. The fraction of sp³-hybridized carbons (Fsp3) is 0.941. The molecule has 20 heavy (non-hydrogen) atoms. The molecular formula is C17H28N2O. The molecule has 3 aliphatic carbocycles. The third kappa shape index (κ3) is 1.93. The molecule has 0 aromatic heterocycles. The van der Waals surface area contributed by atoms with Crippen molar-refractivity contribution in [2.24, 2.45) is 29.4 Å². The molecule has 2 N–H and O–H groups in total. The predicted octanol–water partition coefficient (Wildman–Crippen LogP) is 2.54. The van der Waals surface area contributed by atoms with Crippen molar-refractivity contribution in [2.75, 3.05) is 6.54 Å². The highest BCUT2D eigenvalue weighted by molar-refractivity contribution is 5.81. The number of likely N-dealkylation sites (tertiary alicyclic amines) is 1. The number of nitrogens with two attached hydrogens (primary N) is 1. The maximum atomic E-state index is 13.1. The van der Waals surface area contributed by atoms with Gasteiger partial charge in [-0.25, -0.2) is 0 Å². The van der Waals surface area contributed by atoms with Gasteiger partial charge < -0.3 is 10.6 Å². The van der Waals surface area contributed by atoms with E-state index in [-0.39, 0.29) is 12.0 Å². The Labute approximate surface area is 122 Å². The first-order valence-electron chi connectivity index (χ1n) is 8.82. The molecule has 6 atom stereocenters. The smallest absolute Gasteiger partial charge is 0.227 e. The summed E-state index contributed by atoms with van der Waals surface area (Å²) in [7, 11) is 0. The van der Waals surface area contributed by atoms with E-state index < -0.39 is 0 Å². The van der Waals surface area contributed by atoms with Gasteiger partial charge in [-0.15, -0.1) is 0 Å². The minimum atomic E-state index is 0.158. The fourth-order valence-electron chi connectivity index (χ4n) is 5.79. The highest BCUT2D eigenvalue weighted by Gasteiger charge is 2.51. The predicted molar refractivity (Wildman–Crippen MR) is 79.0 cm³/mol. The van der Waals surface area contributed by atoms with Crippen LogP contribution in [0.3, 0.4) is 0 Å². The van der Waals surface area contributed by atoms with Crippen LogP contribution in [0.15, 0.2) is 0 Å². The van der Waals surface area contributed by atoms with Gasteiger partial charge in [-0.2, -0.15) is 0 Å². The van der Waals surface area contributed by atoms with Crippen LogP contribution in [0.25, 0.3) is 0 Å². The van der Waals surface area contributed by atoms with Crippen LogP contribution in [0.5, 0.6) is 0 Å². The Morgan fingerprint density at radius 3 is 2.45 bits per heavy atom. The maximum absolute atomic E-state index is 13.1. The Bertz CT molecular complexity index is 392. The average molecular weight is 276 g/mol. The van der Waals surface area contributed by atoms with Crippen molar-refractivity contribution in [1.29, 1.82) is 0 Å². The van der Waals surface area contributed by atoms with E-state index in [0.29, 0.717) is 23.8 Å². The molecule has 1 heterocycles. The Kier molecular flexibility index (Phi) is 3.29. The Morgan fingerprint density at radius 2 is 1.65 bits per heavy atom. The summed E-state index contributed by atoms with van der Waals surface area (Å²) in [6.07, 6.45) is 11.6. The molecule has 0 aromatic carbocycles. The normalized spacial score (nSPS) is 47.4. The summed E-state index contributed by atoms with van der Waals surface area (Å²) >= 11 is 0. The zero-order valence-electron chi connectivity index (χ0n) is 12.5. The summed E-state index contributed by atoms with van der Waals surface area (Å²) in [5, 5.41) is 0. The molecule has 3 heteroatoms. The van der Waals surface area contributed by atoms with Gasteiger partial charge in [-0.05, 0) is 62.7 Å². The Morgan fingerprint density at radius 1 is 0.900 bits per heavy atom. The van der Waals surface area contributed by atoms with Crippen molar-refractivity contribution in [2.45, 2.75) is 69.9 Å². The van der Waals surface area contributed by atoms with Gasteiger partial charge in [0.05, 0.1) is 5.92 Å². The second-order valence-electron chi connectivity index (χ2n) is 7.72. The number of hydrogen-bond donors (Lipinski definition) is 1. The molecule has 0 aromatic rings. The number of fused-ring (bicyclic) bond motifs is 3. The zero-order valence-corrected chi connectivity index (χ0v) is 12.5. The van der Waals surface area contributed by atoms with Crippen molar-refractivity contribution in [3.05, 3.63) is 0 Å². The Hall–Kier alpha value is -0.570. The van der Waals surface area contributed by atoms with Crippen LogP contribution in [-0.4, -0.2) is 29.4 Å². The van der Waals surface area contributed by atoms with Crippen LogP contribution >= 0.6 is 0 Å². The van der Waals surface area contributed by atoms with Crippen molar-refractivity contribution in [3.63, 3.8) is 0 Å². The second kappa shape index (κ2) is 5.01. The van der Waals surface area contributed by atoms with Crippen LogP contribution < -0.4 is 5.73 Å². The molecule has 4 aliphatic rings. The van der Waals surface area contributed by atoms with Crippen molar-refractivity contribution in [1.82, 2.24) is 4.90 Å². The summed E-state index contributed by atoms with van der Waals surface area (Å²) in [4.78, 5) is 15.4. The van der Waals surface area contributed by atoms with Crippen molar-refractivity contribution >= 4 is 5.91 Å². The van der Waals surface area contributed by atoms with Gasteiger partial charge in [0.25, 0.3) is 0 Å². The first kappa shape index (κ1) is 13.1. The summed E-state index contributed by atoms with van der Waals surface area (Å²) in [6.45, 7) is 1.00. The molecule has 1 aliphatic heterocycles. The molecule has 4 rings (SSSR count). The summed E-state index contributed by atoms with van der Waals surface area (Å²) in [5.41, 5.74) is 6.39. The van der Waals surface area contributed by atoms with Gasteiger partial charge in [-0.3, -0.25) is 4.79 Å². The number of hydrogen-bond acceptors (Lipinski definition) is 2. The van der Waals surface area contributed by atoms with Gasteiger partial charge in [0.15, 0.2) is 0 Å². The lowest BCUT2D eigenvalue weighted by Crippen LogP contribution is -2.55. The van der Waals surface area contributed by atoms with Crippen molar-refractivity contribution in [3.8, 4) is 0 Å². The second-order valence-corrected chi connectivity index (χ2v) is 7.72. The highest BCUT2D eigenvalue weighted by atomic mass is 16.2. The molecule has 3 saturated carbocycles. The van der Waals surface area contributed by atoms with Gasteiger partial charge in [0.1, 0.15) is 0 Å². The number of nitrogens with zero attached hydrogens (tertiary/aromatic N) is 1. The third-order valence-electron chi connectivity index (χ3n) is 6.79. The summed E-state index contributed by atoms with van der Waals surface area (Å²) < 4.78 is 0. The molecule has 6 unspecified atom stereocenters. The number of carbonyl (C=O) groups is 1. The quantitative estimate of drug-likeness (QED) is 0.800. The van der Waals surface area contributed by atoms with Crippen LogP contribution in [-0.2, 0) is 4.79 Å². The lowest BCUT2D eigenvalue weighted by atomic mass is 9.76. The summed E-state index contributed by atoms with van der Waals surface area (Å²) in [6, 6.07) is 0.710. The molecule has 4 fully saturated rings. The molecule has 0 radical (unpaired) electrons. The van der Waals surface area contributed by atoms with E-state index in [2.05, 4.69) is 4.90 Å². The van der Waals surface area contributed by atoms with Gasteiger partial charge >= 0.3 is 0 Å². The first-order valence-corrected chi connectivity index (χ1v) is 8.82. The third-order valence-corrected chi connectivity index (χ3v) is 6.79. The molecule has 1 saturated heterocycles. The van der Waals surface area contributed by atoms with E-state index in [1.807, 2.05) is 0 Å². The molecule has 112 valence electrons. The van der Waals surface area contributed by atoms with Crippen molar-refractivity contribution < 1.29 is 4.79 Å². The van der Waals surface area contributed by atoms with Gasteiger partial charge in [0.2, 0.25) is 5.91 Å². The molecular weight excluding hydrogens is 248 g/mol. The molecule has 1 amide bonds. The van der Waals surface area contributed by atoms with Crippen LogP contribution in [0.1, 0.15) is 57.8 Å². The van der Waals surface area contributed by atoms with Crippen LogP contribution in [0.2, 0.25) is 0 Å². The fourth-order valence-corrected chi connectivity index (χ4v) is 5.79. The lowest BCUT2D eigenvalue weighted by Gasteiger charge is -2.46.